The second-order valence-corrected chi connectivity index (χ2v) is 9.42. The molecule has 1 heterocycles. The highest BCUT2D eigenvalue weighted by atomic mass is 32.2. The normalized spacial score (nSPS) is 12.1. The van der Waals surface area contributed by atoms with Crippen LogP contribution in [0.25, 0.3) is 0 Å². The molecule has 0 bridgehead atoms. The van der Waals surface area contributed by atoms with Crippen LogP contribution in [-0.2, 0) is 0 Å². The summed E-state index contributed by atoms with van der Waals surface area (Å²) in [4.78, 5) is 4.89. The minimum atomic E-state index is 0.854. The van der Waals surface area contributed by atoms with Crippen molar-refractivity contribution in [2.75, 3.05) is 0 Å². The van der Waals surface area contributed by atoms with Gasteiger partial charge in [0.15, 0.2) is 0 Å². The lowest BCUT2D eigenvalue weighted by atomic mass is 10.2. The van der Waals surface area contributed by atoms with E-state index in [4.69, 9.17) is 9.47 Å². The van der Waals surface area contributed by atoms with Crippen LogP contribution in [0, 0.1) is 13.8 Å². The van der Waals surface area contributed by atoms with E-state index < -0.39 is 0 Å². The molecule has 0 N–H and O–H groups in total. The molecule has 0 spiro atoms. The number of benzene rings is 4. The lowest BCUT2D eigenvalue weighted by Crippen LogP contribution is -1.92. The first kappa shape index (κ1) is 19.2. The Morgan fingerprint density at radius 1 is 0.433 bits per heavy atom. The van der Waals surface area contributed by atoms with Gasteiger partial charge in [0.25, 0.3) is 0 Å². The molecule has 30 heavy (non-hydrogen) atoms. The second kappa shape index (κ2) is 8.13. The van der Waals surface area contributed by atoms with Gasteiger partial charge in [0, 0.05) is 19.6 Å². The van der Waals surface area contributed by atoms with E-state index in [2.05, 4.69) is 62.4 Å². The fourth-order valence-corrected chi connectivity index (χ4v) is 5.41. The van der Waals surface area contributed by atoms with Gasteiger partial charge in [-0.25, -0.2) is 0 Å². The molecule has 0 saturated carbocycles. The van der Waals surface area contributed by atoms with Crippen LogP contribution in [0.2, 0.25) is 0 Å². The van der Waals surface area contributed by atoms with Gasteiger partial charge in [0.2, 0.25) is 0 Å². The first-order valence-electron chi connectivity index (χ1n) is 9.75. The topological polar surface area (TPSA) is 18.5 Å². The summed E-state index contributed by atoms with van der Waals surface area (Å²) in [6, 6.07) is 28.8. The SMILES string of the molecule is Cc1ccc(Oc2ccc3c(c2)Sc2ccc(Oc4ccc(C)cc4)cc2S3)cc1. The maximum absolute atomic E-state index is 6.04. The minimum Gasteiger partial charge on any atom is -0.457 e. The number of hydrogen-bond acceptors (Lipinski definition) is 4. The molecule has 1 aliphatic rings. The Morgan fingerprint density at radius 3 is 1.20 bits per heavy atom. The zero-order valence-electron chi connectivity index (χ0n) is 16.7. The number of ether oxygens (including phenoxy) is 2. The van der Waals surface area contributed by atoms with Crippen LogP contribution in [0.5, 0.6) is 23.0 Å². The fraction of sp³-hybridized carbons (Fsp3) is 0.0769. The number of rotatable bonds is 4. The van der Waals surface area contributed by atoms with E-state index >= 15 is 0 Å². The van der Waals surface area contributed by atoms with Crippen LogP contribution in [-0.4, -0.2) is 0 Å². The van der Waals surface area contributed by atoms with E-state index in [1.165, 1.54) is 30.7 Å². The van der Waals surface area contributed by atoms with Crippen molar-refractivity contribution in [2.24, 2.45) is 0 Å². The lowest BCUT2D eigenvalue weighted by molar-refractivity contribution is 0.479. The fourth-order valence-electron chi connectivity index (χ4n) is 3.15. The van der Waals surface area contributed by atoms with Gasteiger partial charge in [-0.3, -0.25) is 0 Å². The molecule has 4 heteroatoms. The Hall–Kier alpha value is -2.82. The van der Waals surface area contributed by atoms with E-state index in [9.17, 15) is 0 Å². The molecule has 0 saturated heterocycles. The molecule has 4 aromatic rings. The van der Waals surface area contributed by atoms with Crippen molar-refractivity contribution < 1.29 is 9.47 Å². The van der Waals surface area contributed by atoms with E-state index in [1.807, 2.05) is 36.4 Å². The molecular weight excluding hydrogens is 408 g/mol. The van der Waals surface area contributed by atoms with Crippen molar-refractivity contribution in [3.8, 4) is 23.0 Å². The molecule has 1 aliphatic heterocycles. The Kier molecular flexibility index (Phi) is 5.19. The molecule has 5 rings (SSSR count). The van der Waals surface area contributed by atoms with Crippen molar-refractivity contribution in [2.45, 2.75) is 33.4 Å². The van der Waals surface area contributed by atoms with Crippen molar-refractivity contribution >= 4 is 23.5 Å². The Bertz CT molecular complexity index is 1100. The van der Waals surface area contributed by atoms with Crippen LogP contribution in [0.1, 0.15) is 11.1 Å². The largest absolute Gasteiger partial charge is 0.457 e. The maximum atomic E-state index is 6.04. The standard InChI is InChI=1S/C26H20O2S2/c1-17-3-7-19(8-4-17)27-21-11-13-23-25(15-21)29-24-14-12-22(16-26(24)30-23)28-20-9-5-18(2)6-10-20/h3-16H,1-2H3. The molecule has 148 valence electrons. The number of aryl methyl sites for hydroxylation is 2. The molecule has 0 atom stereocenters. The van der Waals surface area contributed by atoms with Crippen LogP contribution in [0.3, 0.4) is 0 Å². The predicted octanol–water partition coefficient (Wildman–Crippen LogP) is 8.50. The van der Waals surface area contributed by atoms with Gasteiger partial charge >= 0.3 is 0 Å². The maximum Gasteiger partial charge on any atom is 0.128 e. The monoisotopic (exact) mass is 428 g/mol. The van der Waals surface area contributed by atoms with Crippen LogP contribution < -0.4 is 9.47 Å². The molecule has 0 amide bonds. The first-order valence-corrected chi connectivity index (χ1v) is 11.4. The highest BCUT2D eigenvalue weighted by Crippen LogP contribution is 2.50. The molecule has 4 aromatic carbocycles. The average Bonchev–Trinajstić information content (AvgIpc) is 2.75. The van der Waals surface area contributed by atoms with Gasteiger partial charge < -0.3 is 9.47 Å². The summed E-state index contributed by atoms with van der Waals surface area (Å²) in [5.41, 5.74) is 2.45. The Morgan fingerprint density at radius 2 is 0.800 bits per heavy atom. The second-order valence-electron chi connectivity index (χ2n) is 7.25. The first-order chi connectivity index (χ1) is 14.6. The molecule has 0 unspecified atom stereocenters. The third-order valence-corrected chi connectivity index (χ3v) is 7.31. The zero-order valence-corrected chi connectivity index (χ0v) is 18.3. The highest BCUT2D eigenvalue weighted by Gasteiger charge is 2.19. The third-order valence-electron chi connectivity index (χ3n) is 4.78. The van der Waals surface area contributed by atoms with E-state index in [0.717, 1.165) is 23.0 Å². The quantitative estimate of drug-likeness (QED) is 0.285. The van der Waals surface area contributed by atoms with Gasteiger partial charge in [0.1, 0.15) is 23.0 Å². The Balaban J connectivity index is 1.34. The summed E-state index contributed by atoms with van der Waals surface area (Å²) >= 11 is 3.54. The number of hydrogen-bond donors (Lipinski definition) is 0. The zero-order chi connectivity index (χ0) is 20.5. The molecule has 0 aromatic heterocycles. The summed E-state index contributed by atoms with van der Waals surface area (Å²) < 4.78 is 12.1. The van der Waals surface area contributed by atoms with Crippen molar-refractivity contribution in [1.29, 1.82) is 0 Å². The van der Waals surface area contributed by atoms with E-state index in [1.54, 1.807) is 23.5 Å². The van der Waals surface area contributed by atoms with Gasteiger partial charge in [-0.1, -0.05) is 58.9 Å². The molecule has 0 radical (unpaired) electrons. The van der Waals surface area contributed by atoms with Gasteiger partial charge in [-0.05, 0) is 74.5 Å². The van der Waals surface area contributed by atoms with Crippen molar-refractivity contribution in [3.05, 3.63) is 96.1 Å². The smallest absolute Gasteiger partial charge is 0.128 e. The van der Waals surface area contributed by atoms with Crippen LogP contribution >= 0.6 is 23.5 Å². The number of fused-ring (bicyclic) bond motifs is 2. The molecule has 0 fully saturated rings. The molecular formula is C26H20O2S2. The van der Waals surface area contributed by atoms with Gasteiger partial charge in [-0.15, -0.1) is 0 Å². The summed E-state index contributed by atoms with van der Waals surface area (Å²) in [7, 11) is 0. The molecule has 2 nitrogen and oxygen atoms in total. The molecule has 0 aliphatic carbocycles. The lowest BCUT2D eigenvalue weighted by Gasteiger charge is -2.20. The highest BCUT2D eigenvalue weighted by molar-refractivity contribution is 8.05. The third kappa shape index (κ3) is 4.20. The summed E-state index contributed by atoms with van der Waals surface area (Å²) in [5, 5.41) is 0. The minimum absolute atomic E-state index is 0.854. The summed E-state index contributed by atoms with van der Waals surface area (Å²) in [5.74, 6) is 3.42. The van der Waals surface area contributed by atoms with Crippen molar-refractivity contribution in [1.82, 2.24) is 0 Å². The van der Waals surface area contributed by atoms with Crippen molar-refractivity contribution in [3.63, 3.8) is 0 Å². The van der Waals surface area contributed by atoms with E-state index in [-0.39, 0.29) is 0 Å². The summed E-state index contributed by atoms with van der Waals surface area (Å²) in [6.45, 7) is 4.15. The van der Waals surface area contributed by atoms with Crippen LogP contribution in [0.15, 0.2) is 105 Å². The average molecular weight is 429 g/mol. The Labute approximate surface area is 185 Å². The van der Waals surface area contributed by atoms with Crippen LogP contribution in [0.4, 0.5) is 0 Å². The van der Waals surface area contributed by atoms with Gasteiger partial charge in [0.05, 0.1) is 0 Å². The van der Waals surface area contributed by atoms with Gasteiger partial charge in [-0.2, -0.15) is 0 Å². The summed E-state index contributed by atoms with van der Waals surface area (Å²) in [6.07, 6.45) is 0. The predicted molar refractivity (Wildman–Crippen MR) is 124 cm³/mol. The van der Waals surface area contributed by atoms with E-state index in [0.29, 0.717) is 0 Å².